The van der Waals surface area contributed by atoms with Crippen LogP contribution in [0.4, 0.5) is 0 Å². The Morgan fingerprint density at radius 3 is 2.23 bits per heavy atom. The Labute approximate surface area is 216 Å². The highest BCUT2D eigenvalue weighted by molar-refractivity contribution is 6.06. The zero-order chi connectivity index (χ0) is 26.3. The standard InChI is InChI=1S/C24H38N4.C7H14/c1-6-7-16-26-19(2)22-9-11-23(12-10-22)20(3)27-24(25-4)13-8-21-14-17-28(5)18-15-21;1-5-6-7(2,3)4/h9-12,21,26H,2,6-8,13-18H2,1,3-5H3;5H,1,6H2,2-4H3. The van der Waals surface area contributed by atoms with Crippen molar-refractivity contribution in [2.75, 3.05) is 33.7 Å². The van der Waals surface area contributed by atoms with Gasteiger partial charge < -0.3 is 10.2 Å². The molecule has 4 nitrogen and oxygen atoms in total. The first-order valence-electron chi connectivity index (χ1n) is 13.4. The van der Waals surface area contributed by atoms with E-state index in [1.165, 1.54) is 45.2 Å². The van der Waals surface area contributed by atoms with Crippen molar-refractivity contribution in [3.8, 4) is 0 Å². The molecule has 4 heteroatoms. The smallest absolute Gasteiger partial charge is 0.123 e. The second-order valence-electron chi connectivity index (χ2n) is 11.0. The molecule has 1 aliphatic heterocycles. The Hall–Kier alpha value is -2.20. The van der Waals surface area contributed by atoms with Crippen molar-refractivity contribution >= 4 is 17.2 Å². The zero-order valence-corrected chi connectivity index (χ0v) is 23.8. The molecule has 0 amide bonds. The molecule has 2 rings (SSSR count). The van der Waals surface area contributed by atoms with E-state index in [4.69, 9.17) is 4.99 Å². The molecule has 1 aromatic carbocycles. The average molecular weight is 481 g/mol. The normalized spacial score (nSPS) is 15.9. The number of nitrogens with one attached hydrogen (secondary N) is 1. The van der Waals surface area contributed by atoms with Gasteiger partial charge in [0.05, 0.1) is 0 Å². The predicted octanol–water partition coefficient (Wildman–Crippen LogP) is 7.61. The summed E-state index contributed by atoms with van der Waals surface area (Å²) >= 11 is 0. The fraction of sp³-hybridized carbons (Fsp3) is 0.613. The molecule has 1 N–H and O–H groups in total. The molecule has 0 atom stereocenters. The van der Waals surface area contributed by atoms with Crippen molar-refractivity contribution in [3.63, 3.8) is 0 Å². The van der Waals surface area contributed by atoms with Crippen molar-refractivity contribution in [3.05, 3.63) is 54.6 Å². The van der Waals surface area contributed by atoms with Gasteiger partial charge in [0.2, 0.25) is 0 Å². The molecule has 0 unspecified atom stereocenters. The number of unbranched alkanes of at least 4 members (excludes halogenated alkanes) is 1. The van der Waals surface area contributed by atoms with Gasteiger partial charge in [-0.05, 0) is 81.6 Å². The van der Waals surface area contributed by atoms with Crippen LogP contribution < -0.4 is 5.32 Å². The molecule has 1 heterocycles. The highest BCUT2D eigenvalue weighted by atomic mass is 15.1. The molecule has 0 aromatic heterocycles. The second-order valence-corrected chi connectivity index (χ2v) is 11.0. The fourth-order valence-corrected chi connectivity index (χ4v) is 4.02. The van der Waals surface area contributed by atoms with Gasteiger partial charge in [-0.2, -0.15) is 0 Å². The van der Waals surface area contributed by atoms with Crippen molar-refractivity contribution in [1.82, 2.24) is 10.2 Å². The van der Waals surface area contributed by atoms with Crippen LogP contribution in [0.25, 0.3) is 5.70 Å². The summed E-state index contributed by atoms with van der Waals surface area (Å²) in [5.41, 5.74) is 4.73. The van der Waals surface area contributed by atoms with E-state index in [1.807, 2.05) is 13.1 Å². The number of aliphatic imine (C=N–C) groups is 2. The van der Waals surface area contributed by atoms with Crippen LogP contribution in [0.1, 0.15) is 90.7 Å². The first-order chi connectivity index (χ1) is 16.6. The van der Waals surface area contributed by atoms with Crippen molar-refractivity contribution in [1.29, 1.82) is 0 Å². The van der Waals surface area contributed by atoms with Crippen LogP contribution >= 0.6 is 0 Å². The highest BCUT2D eigenvalue weighted by Gasteiger charge is 2.17. The number of rotatable bonds is 10. The SMILES string of the molecule is C=C(NCCCC)c1ccc(C(C)=NC(CCC2CCN(C)CC2)=NC)cc1.C=CCC(C)(C)C. The van der Waals surface area contributed by atoms with E-state index in [1.54, 1.807) is 0 Å². The third-order valence-corrected chi connectivity index (χ3v) is 6.45. The number of amidine groups is 1. The van der Waals surface area contributed by atoms with Crippen LogP contribution in [-0.2, 0) is 0 Å². The van der Waals surface area contributed by atoms with Crippen LogP contribution in [0.5, 0.6) is 0 Å². The minimum absolute atomic E-state index is 0.432. The Bertz CT molecular complexity index is 803. The van der Waals surface area contributed by atoms with E-state index < -0.39 is 0 Å². The number of allylic oxidation sites excluding steroid dienone is 1. The number of hydrogen-bond acceptors (Lipinski definition) is 3. The van der Waals surface area contributed by atoms with Crippen LogP contribution in [0.15, 0.2) is 53.5 Å². The quantitative estimate of drug-likeness (QED) is 0.162. The van der Waals surface area contributed by atoms with Gasteiger partial charge in [0.1, 0.15) is 5.84 Å². The molecule has 0 saturated carbocycles. The number of nitrogens with zero attached hydrogens (tertiary/aromatic N) is 3. The van der Waals surface area contributed by atoms with E-state index in [0.29, 0.717) is 5.41 Å². The third-order valence-electron chi connectivity index (χ3n) is 6.45. The lowest BCUT2D eigenvalue weighted by atomic mass is 9.92. The lowest BCUT2D eigenvalue weighted by Gasteiger charge is -2.28. The van der Waals surface area contributed by atoms with Gasteiger partial charge in [-0.25, -0.2) is 4.99 Å². The Morgan fingerprint density at radius 1 is 1.14 bits per heavy atom. The molecule has 1 aliphatic rings. The van der Waals surface area contributed by atoms with E-state index in [0.717, 1.165) is 53.7 Å². The minimum Gasteiger partial charge on any atom is -0.385 e. The number of likely N-dealkylation sites (tertiary alicyclic amines) is 1. The Balaban J connectivity index is 0.000000762. The summed E-state index contributed by atoms with van der Waals surface area (Å²) in [7, 11) is 4.07. The molecule has 0 aliphatic carbocycles. The molecule has 35 heavy (non-hydrogen) atoms. The van der Waals surface area contributed by atoms with Crippen LogP contribution in [0, 0.1) is 11.3 Å². The molecule has 0 spiro atoms. The maximum Gasteiger partial charge on any atom is 0.123 e. The summed E-state index contributed by atoms with van der Waals surface area (Å²) < 4.78 is 0. The second kappa shape index (κ2) is 16.5. The maximum atomic E-state index is 4.82. The van der Waals surface area contributed by atoms with E-state index in [-0.39, 0.29) is 0 Å². The van der Waals surface area contributed by atoms with Gasteiger partial charge in [-0.3, -0.25) is 4.99 Å². The minimum atomic E-state index is 0.432. The first-order valence-corrected chi connectivity index (χ1v) is 13.4. The van der Waals surface area contributed by atoms with Gasteiger partial charge in [0.15, 0.2) is 0 Å². The molecule has 1 saturated heterocycles. The van der Waals surface area contributed by atoms with E-state index in [2.05, 4.69) is 94.3 Å². The average Bonchev–Trinajstić information content (AvgIpc) is 2.82. The van der Waals surface area contributed by atoms with E-state index in [9.17, 15) is 0 Å². The first kappa shape index (κ1) is 30.8. The van der Waals surface area contributed by atoms with Crippen LogP contribution in [0.3, 0.4) is 0 Å². The highest BCUT2D eigenvalue weighted by Crippen LogP contribution is 2.21. The lowest BCUT2D eigenvalue weighted by molar-refractivity contribution is 0.214. The molecule has 0 bridgehead atoms. The van der Waals surface area contributed by atoms with Gasteiger partial charge in [0.25, 0.3) is 0 Å². The maximum absolute atomic E-state index is 4.82. The summed E-state index contributed by atoms with van der Waals surface area (Å²) in [4.78, 5) is 11.7. The van der Waals surface area contributed by atoms with E-state index >= 15 is 0 Å². The van der Waals surface area contributed by atoms with Gasteiger partial charge >= 0.3 is 0 Å². The van der Waals surface area contributed by atoms with Gasteiger partial charge in [-0.1, -0.05) is 71.0 Å². The zero-order valence-electron chi connectivity index (χ0n) is 23.8. The fourth-order valence-electron chi connectivity index (χ4n) is 4.02. The Kier molecular flexibility index (Phi) is 14.5. The van der Waals surface area contributed by atoms with Crippen molar-refractivity contribution in [2.45, 2.75) is 79.6 Å². The summed E-state index contributed by atoms with van der Waals surface area (Å²) in [5, 5.41) is 3.39. The summed E-state index contributed by atoms with van der Waals surface area (Å²) in [5.74, 6) is 1.78. The molecule has 0 radical (unpaired) electrons. The largest absolute Gasteiger partial charge is 0.385 e. The molecular formula is C31H52N4. The van der Waals surface area contributed by atoms with Crippen LogP contribution in [0.2, 0.25) is 0 Å². The molecule has 196 valence electrons. The van der Waals surface area contributed by atoms with Gasteiger partial charge in [-0.15, -0.1) is 6.58 Å². The summed E-state index contributed by atoms with van der Waals surface area (Å²) in [6.45, 7) is 22.1. The summed E-state index contributed by atoms with van der Waals surface area (Å²) in [6.07, 6.45) is 10.2. The molecular weight excluding hydrogens is 428 g/mol. The number of benzene rings is 1. The van der Waals surface area contributed by atoms with Crippen LogP contribution in [-0.4, -0.2) is 50.2 Å². The van der Waals surface area contributed by atoms with Crippen molar-refractivity contribution in [2.24, 2.45) is 21.3 Å². The van der Waals surface area contributed by atoms with Crippen molar-refractivity contribution < 1.29 is 0 Å². The van der Waals surface area contributed by atoms with Gasteiger partial charge in [0, 0.05) is 31.4 Å². The molecule has 1 fully saturated rings. The topological polar surface area (TPSA) is 40.0 Å². The monoisotopic (exact) mass is 480 g/mol. The predicted molar refractivity (Wildman–Crippen MR) is 158 cm³/mol. The molecule has 1 aromatic rings. The number of hydrogen-bond donors (Lipinski definition) is 1. The number of piperidine rings is 1. The third kappa shape index (κ3) is 13.5. The Morgan fingerprint density at radius 2 is 1.74 bits per heavy atom. The summed E-state index contributed by atoms with van der Waals surface area (Å²) in [6, 6.07) is 8.50. The lowest BCUT2D eigenvalue weighted by Crippen LogP contribution is -2.30.